The molecule has 0 radical (unpaired) electrons. The van der Waals surface area contributed by atoms with Crippen molar-refractivity contribution < 1.29 is 14.3 Å². The average molecular weight is 648 g/mol. The number of aromatic nitrogens is 1. The van der Waals surface area contributed by atoms with E-state index in [0.29, 0.717) is 22.0 Å². The van der Waals surface area contributed by atoms with Crippen LogP contribution >= 0.6 is 27.3 Å². The van der Waals surface area contributed by atoms with Gasteiger partial charge in [-0.3, -0.25) is 4.79 Å². The van der Waals surface area contributed by atoms with Gasteiger partial charge in [-0.15, -0.1) is 11.3 Å². The van der Waals surface area contributed by atoms with Crippen LogP contribution in [-0.2, 0) is 23.0 Å². The number of anilines is 1. The molecule has 5 nitrogen and oxygen atoms in total. The number of halogens is 1. The van der Waals surface area contributed by atoms with E-state index in [1.54, 1.807) is 0 Å². The van der Waals surface area contributed by atoms with Gasteiger partial charge >= 0.3 is 5.97 Å². The van der Waals surface area contributed by atoms with E-state index in [-0.39, 0.29) is 16.7 Å². The molecule has 1 N–H and O–H groups in total. The molecule has 1 aliphatic rings. The third kappa shape index (κ3) is 5.91. The van der Waals surface area contributed by atoms with E-state index in [0.717, 1.165) is 57.9 Å². The quantitative estimate of drug-likeness (QED) is 0.212. The molecule has 2 aromatic heterocycles. The van der Waals surface area contributed by atoms with E-state index in [2.05, 4.69) is 87.1 Å². The lowest BCUT2D eigenvalue weighted by Gasteiger charge is -2.36. The molecule has 2 heterocycles. The molecular formula is C35H39BrN2O3S. The van der Waals surface area contributed by atoms with Gasteiger partial charge in [-0.25, -0.2) is 9.78 Å². The van der Waals surface area contributed by atoms with Crippen molar-refractivity contribution in [3.8, 4) is 11.3 Å². The Kier molecular flexibility index (Phi) is 8.38. The van der Waals surface area contributed by atoms with Crippen molar-refractivity contribution in [3.05, 3.63) is 80.1 Å². The number of carbonyl (C=O) groups is 2. The third-order valence-electron chi connectivity index (χ3n) is 8.96. The second-order valence-corrected chi connectivity index (χ2v) is 15.0. The lowest BCUT2D eigenvalue weighted by Crippen LogP contribution is -2.28. The Morgan fingerprint density at radius 3 is 2.43 bits per heavy atom. The normalized spacial score (nSPS) is 15.4. The van der Waals surface area contributed by atoms with Crippen LogP contribution in [0.2, 0.25) is 0 Å². The molecule has 0 spiro atoms. The molecule has 42 heavy (non-hydrogen) atoms. The smallest absolute Gasteiger partial charge is 0.341 e. The molecule has 4 aromatic rings. The maximum atomic E-state index is 14.1. The van der Waals surface area contributed by atoms with E-state index in [4.69, 9.17) is 9.72 Å². The maximum absolute atomic E-state index is 14.1. The highest BCUT2D eigenvalue weighted by Crippen LogP contribution is 2.46. The first-order chi connectivity index (χ1) is 19.8. The number of hydrogen-bond acceptors (Lipinski definition) is 5. The molecule has 0 aliphatic heterocycles. The number of esters is 1. The van der Waals surface area contributed by atoms with Gasteiger partial charge in [0, 0.05) is 20.3 Å². The van der Waals surface area contributed by atoms with Gasteiger partial charge in [0.25, 0.3) is 5.91 Å². The molecule has 220 valence electrons. The molecule has 0 fully saturated rings. The molecule has 0 bridgehead atoms. The zero-order valence-corrected chi connectivity index (χ0v) is 27.9. The monoisotopic (exact) mass is 646 g/mol. The number of nitrogens with one attached hydrogen (secondary N) is 1. The average Bonchev–Trinajstić information content (AvgIpc) is 3.32. The van der Waals surface area contributed by atoms with Crippen LogP contribution < -0.4 is 5.32 Å². The summed E-state index contributed by atoms with van der Waals surface area (Å²) in [6.45, 7) is 13.4. The van der Waals surface area contributed by atoms with Crippen molar-refractivity contribution in [1.29, 1.82) is 0 Å². The van der Waals surface area contributed by atoms with E-state index < -0.39 is 5.97 Å². The summed E-state index contributed by atoms with van der Waals surface area (Å²) in [7, 11) is 1.40. The Labute approximate surface area is 261 Å². The number of carbonyl (C=O) groups excluding carboxylic acids is 2. The van der Waals surface area contributed by atoms with E-state index in [1.807, 2.05) is 24.3 Å². The van der Waals surface area contributed by atoms with Crippen LogP contribution in [0.5, 0.6) is 0 Å². The first kappa shape index (κ1) is 30.4. The number of fused-ring (bicyclic) bond motifs is 2. The summed E-state index contributed by atoms with van der Waals surface area (Å²) < 4.78 is 6.06. The van der Waals surface area contributed by atoms with Gasteiger partial charge in [-0.1, -0.05) is 88.2 Å². The minimum Gasteiger partial charge on any atom is -0.465 e. The fraction of sp³-hybridized carbons (Fsp3) is 0.400. The Bertz CT molecular complexity index is 1660. The van der Waals surface area contributed by atoms with Crippen LogP contribution in [0.25, 0.3) is 22.2 Å². The predicted octanol–water partition coefficient (Wildman–Crippen LogP) is 9.60. The number of amides is 1. The molecule has 2 aromatic carbocycles. The lowest BCUT2D eigenvalue weighted by molar-refractivity contribution is 0.0600. The molecule has 0 saturated heterocycles. The topological polar surface area (TPSA) is 68.3 Å². The van der Waals surface area contributed by atoms with Gasteiger partial charge in [-0.2, -0.15) is 0 Å². The minimum atomic E-state index is -0.405. The summed E-state index contributed by atoms with van der Waals surface area (Å²) in [6, 6.07) is 16.0. The van der Waals surface area contributed by atoms with Crippen molar-refractivity contribution >= 4 is 55.0 Å². The van der Waals surface area contributed by atoms with Crippen molar-refractivity contribution in [2.75, 3.05) is 12.4 Å². The van der Waals surface area contributed by atoms with Crippen molar-refractivity contribution in [3.63, 3.8) is 0 Å². The fourth-order valence-electron chi connectivity index (χ4n) is 5.79. The van der Waals surface area contributed by atoms with Crippen LogP contribution in [0, 0.1) is 11.3 Å². The highest BCUT2D eigenvalue weighted by atomic mass is 79.9. The first-order valence-electron chi connectivity index (χ1n) is 14.6. The molecule has 7 heteroatoms. The number of pyridine rings is 1. The van der Waals surface area contributed by atoms with E-state index in [9.17, 15) is 9.59 Å². The standard InChI is InChI=1S/C35H39BrN2O3S/c1-8-35(5,6)22-13-15-24-29(17-22)42-32(30(24)33(40)41-7)38-31(39)26-19-28(37-27-16-14-23(36)18-25(26)27)20-9-11-21(12-10-20)34(2,3)4/h9-12,14,16,18-19,22H,8,13,15,17H2,1-7H3,(H,38,39)/t22-/m1/s1. The van der Waals surface area contributed by atoms with Crippen LogP contribution in [-0.4, -0.2) is 24.0 Å². The van der Waals surface area contributed by atoms with Crippen molar-refractivity contribution in [1.82, 2.24) is 4.98 Å². The zero-order chi connectivity index (χ0) is 30.4. The Morgan fingerprint density at radius 1 is 1.07 bits per heavy atom. The Hall–Kier alpha value is -3.03. The van der Waals surface area contributed by atoms with Crippen LogP contribution in [0.1, 0.15) is 91.1 Å². The highest BCUT2D eigenvalue weighted by molar-refractivity contribution is 9.10. The molecule has 1 aliphatic carbocycles. The minimum absolute atomic E-state index is 0.0379. The maximum Gasteiger partial charge on any atom is 0.341 e. The Morgan fingerprint density at radius 2 is 1.79 bits per heavy atom. The second-order valence-electron chi connectivity index (χ2n) is 13.0. The van der Waals surface area contributed by atoms with Crippen LogP contribution in [0.3, 0.4) is 0 Å². The van der Waals surface area contributed by atoms with Gasteiger partial charge in [0.2, 0.25) is 0 Å². The van der Waals surface area contributed by atoms with Gasteiger partial charge in [0.15, 0.2) is 0 Å². The lowest BCUT2D eigenvalue weighted by atomic mass is 9.69. The summed E-state index contributed by atoms with van der Waals surface area (Å²) in [5.41, 5.74) is 5.88. The molecule has 1 amide bonds. The molecule has 1 atom stereocenters. The fourth-order valence-corrected chi connectivity index (χ4v) is 7.46. The Balaban J connectivity index is 1.56. The first-order valence-corrected chi connectivity index (χ1v) is 16.2. The molecular weight excluding hydrogens is 608 g/mol. The summed E-state index contributed by atoms with van der Waals surface area (Å²) in [6.07, 6.45) is 3.82. The summed E-state index contributed by atoms with van der Waals surface area (Å²) in [5, 5.41) is 4.42. The number of ether oxygens (including phenoxy) is 1. The number of hydrogen-bond donors (Lipinski definition) is 1. The van der Waals surface area contributed by atoms with E-state index >= 15 is 0 Å². The largest absolute Gasteiger partial charge is 0.465 e. The summed E-state index contributed by atoms with van der Waals surface area (Å²) in [4.78, 5) is 33.2. The summed E-state index contributed by atoms with van der Waals surface area (Å²) in [5.74, 6) is -0.156. The van der Waals surface area contributed by atoms with Crippen molar-refractivity contribution in [2.45, 2.75) is 72.6 Å². The predicted molar refractivity (Wildman–Crippen MR) is 177 cm³/mol. The number of methoxy groups -OCH3 is 1. The number of benzene rings is 2. The molecule has 5 rings (SSSR count). The van der Waals surface area contributed by atoms with Gasteiger partial charge < -0.3 is 10.1 Å². The third-order valence-corrected chi connectivity index (χ3v) is 10.6. The zero-order valence-electron chi connectivity index (χ0n) is 25.5. The second kappa shape index (κ2) is 11.6. The van der Waals surface area contributed by atoms with Gasteiger partial charge in [0.1, 0.15) is 5.00 Å². The van der Waals surface area contributed by atoms with Crippen LogP contribution in [0.15, 0.2) is 53.0 Å². The SMILES string of the molecule is CCC(C)(C)[C@@H]1CCc2c(sc(NC(=O)c3cc(-c4ccc(C(C)(C)C)cc4)nc4ccc(Br)cc34)c2C(=O)OC)C1. The van der Waals surface area contributed by atoms with Gasteiger partial charge in [0.05, 0.1) is 29.4 Å². The number of nitrogens with zero attached hydrogens (tertiary/aromatic N) is 1. The van der Waals surface area contributed by atoms with Gasteiger partial charge in [-0.05, 0) is 71.4 Å². The molecule has 0 unspecified atom stereocenters. The van der Waals surface area contributed by atoms with E-state index in [1.165, 1.54) is 28.9 Å². The number of rotatable bonds is 6. The molecule has 0 saturated carbocycles. The van der Waals surface area contributed by atoms with Crippen molar-refractivity contribution in [2.24, 2.45) is 11.3 Å². The number of thiophene rings is 1. The highest BCUT2D eigenvalue weighted by Gasteiger charge is 2.36. The van der Waals surface area contributed by atoms with Crippen LogP contribution in [0.4, 0.5) is 5.00 Å². The summed E-state index contributed by atoms with van der Waals surface area (Å²) >= 11 is 5.07.